The highest BCUT2D eigenvalue weighted by Gasteiger charge is 2.30. The summed E-state index contributed by atoms with van der Waals surface area (Å²) in [7, 11) is 0. The van der Waals surface area contributed by atoms with Crippen LogP contribution >= 0.6 is 0 Å². The van der Waals surface area contributed by atoms with Crippen LogP contribution in [0, 0.1) is 0 Å². The number of nitrogens with one attached hydrogen (secondary N) is 1. The number of alkyl halides is 7. The number of halogens is 7. The fourth-order valence-corrected chi connectivity index (χ4v) is 3.83. The lowest BCUT2D eigenvalue weighted by molar-refractivity contribution is -0.137. The van der Waals surface area contributed by atoms with Gasteiger partial charge >= 0.3 is 19.4 Å². The number of ether oxygens (including phenoxy) is 2. The maximum atomic E-state index is 13.0. The molecule has 0 spiro atoms. The van der Waals surface area contributed by atoms with Gasteiger partial charge in [-0.3, -0.25) is 10.1 Å². The summed E-state index contributed by atoms with van der Waals surface area (Å²) in [5.74, 6) is -2.04. The van der Waals surface area contributed by atoms with Gasteiger partial charge in [0.2, 0.25) is 5.91 Å². The maximum Gasteiger partial charge on any atom is 0.416 e. The van der Waals surface area contributed by atoms with Crippen LogP contribution in [0.25, 0.3) is 0 Å². The number of benzene rings is 3. The minimum atomic E-state index is -4.50. The number of carbonyl (C=O) groups excluding carboxylic acids is 1. The van der Waals surface area contributed by atoms with Gasteiger partial charge in [0.25, 0.3) is 0 Å². The SMILES string of the molecule is NC(=O)[C@@H](N[C@H](CCc1ccc(C(F)(F)F)cc1)c1ccc(OC(F)F)c(OC(F)F)c1)c1ccccc1. The van der Waals surface area contributed by atoms with Crippen LogP contribution in [0.1, 0.15) is 40.8 Å². The molecular formula is C26H23F7N2O3. The summed E-state index contributed by atoms with van der Waals surface area (Å²) in [6.07, 6.45) is -4.14. The molecule has 0 saturated heterocycles. The van der Waals surface area contributed by atoms with E-state index in [1.165, 1.54) is 18.2 Å². The molecule has 3 rings (SSSR count). The van der Waals surface area contributed by atoms with E-state index in [4.69, 9.17) is 5.73 Å². The number of rotatable bonds is 12. The van der Waals surface area contributed by atoms with Gasteiger partial charge in [0.1, 0.15) is 6.04 Å². The lowest BCUT2D eigenvalue weighted by atomic mass is 9.95. The lowest BCUT2D eigenvalue weighted by Crippen LogP contribution is -2.36. The van der Waals surface area contributed by atoms with Crippen molar-refractivity contribution in [1.82, 2.24) is 5.32 Å². The summed E-state index contributed by atoms with van der Waals surface area (Å²) in [6, 6.07) is 14.4. The zero-order chi connectivity index (χ0) is 27.9. The number of nitrogens with two attached hydrogens (primary N) is 1. The van der Waals surface area contributed by atoms with Gasteiger partial charge < -0.3 is 15.2 Å². The third-order valence-corrected chi connectivity index (χ3v) is 5.59. The average molecular weight is 544 g/mol. The summed E-state index contributed by atoms with van der Waals surface area (Å²) in [6.45, 7) is -6.64. The topological polar surface area (TPSA) is 73.6 Å². The normalized spacial score (nSPS) is 13.4. The van der Waals surface area contributed by atoms with Crippen LogP contribution in [0.2, 0.25) is 0 Å². The van der Waals surface area contributed by atoms with Crippen molar-refractivity contribution in [2.45, 2.75) is 44.3 Å². The van der Waals surface area contributed by atoms with Crippen molar-refractivity contribution in [3.05, 3.63) is 95.1 Å². The molecule has 0 fully saturated rings. The molecule has 0 radical (unpaired) electrons. The molecule has 12 heteroatoms. The van der Waals surface area contributed by atoms with E-state index in [9.17, 15) is 35.5 Å². The fourth-order valence-electron chi connectivity index (χ4n) is 3.83. The fraction of sp³-hybridized carbons (Fsp3) is 0.269. The molecule has 0 unspecified atom stereocenters. The summed E-state index contributed by atoms with van der Waals surface area (Å²) >= 11 is 0. The third kappa shape index (κ3) is 8.10. The molecule has 38 heavy (non-hydrogen) atoms. The zero-order valence-electron chi connectivity index (χ0n) is 19.6. The van der Waals surface area contributed by atoms with Crippen LogP contribution in [0.5, 0.6) is 11.5 Å². The van der Waals surface area contributed by atoms with E-state index < -0.39 is 54.5 Å². The Balaban J connectivity index is 1.95. The number of hydrogen-bond donors (Lipinski definition) is 2. The Labute approximate surface area is 213 Å². The quantitative estimate of drug-likeness (QED) is 0.259. The van der Waals surface area contributed by atoms with Gasteiger partial charge in [-0.1, -0.05) is 48.5 Å². The zero-order valence-corrected chi connectivity index (χ0v) is 19.6. The Bertz CT molecular complexity index is 1190. The summed E-state index contributed by atoms with van der Waals surface area (Å²) in [5.41, 5.74) is 6.07. The Hall–Kier alpha value is -3.80. The number of primary amides is 1. The molecule has 0 aromatic heterocycles. The van der Waals surface area contributed by atoms with Crippen molar-refractivity contribution in [3.8, 4) is 11.5 Å². The van der Waals surface area contributed by atoms with Crippen LogP contribution < -0.4 is 20.5 Å². The van der Waals surface area contributed by atoms with Crippen molar-refractivity contribution >= 4 is 5.91 Å². The average Bonchev–Trinajstić information content (AvgIpc) is 2.85. The Morgan fingerprint density at radius 2 is 1.42 bits per heavy atom. The molecule has 0 saturated carbocycles. The molecule has 0 aliphatic heterocycles. The van der Waals surface area contributed by atoms with E-state index in [0.717, 1.165) is 24.3 Å². The van der Waals surface area contributed by atoms with E-state index in [0.29, 0.717) is 11.1 Å². The van der Waals surface area contributed by atoms with Crippen molar-refractivity contribution < 1.29 is 45.0 Å². The van der Waals surface area contributed by atoms with Gasteiger partial charge in [0, 0.05) is 6.04 Å². The van der Waals surface area contributed by atoms with E-state index in [-0.39, 0.29) is 18.4 Å². The van der Waals surface area contributed by atoms with E-state index in [2.05, 4.69) is 14.8 Å². The Morgan fingerprint density at radius 1 is 0.816 bits per heavy atom. The van der Waals surface area contributed by atoms with E-state index in [1.807, 2.05) is 0 Å². The predicted molar refractivity (Wildman–Crippen MR) is 124 cm³/mol. The van der Waals surface area contributed by atoms with Gasteiger partial charge in [-0.25, -0.2) is 0 Å². The van der Waals surface area contributed by atoms with E-state index in [1.54, 1.807) is 30.3 Å². The van der Waals surface area contributed by atoms with Gasteiger partial charge in [0.05, 0.1) is 5.56 Å². The molecule has 0 aliphatic rings. The molecular weight excluding hydrogens is 521 g/mol. The smallest absolute Gasteiger partial charge is 0.416 e. The lowest BCUT2D eigenvalue weighted by Gasteiger charge is -2.26. The molecule has 3 N–H and O–H groups in total. The summed E-state index contributed by atoms with van der Waals surface area (Å²) < 4.78 is 98.8. The van der Waals surface area contributed by atoms with Crippen molar-refractivity contribution in [1.29, 1.82) is 0 Å². The second-order valence-corrected chi connectivity index (χ2v) is 8.16. The van der Waals surface area contributed by atoms with Crippen LogP contribution in [0.4, 0.5) is 30.7 Å². The summed E-state index contributed by atoms with van der Waals surface area (Å²) in [5, 5.41) is 3.05. The molecule has 1 amide bonds. The van der Waals surface area contributed by atoms with Crippen LogP contribution in [-0.2, 0) is 17.4 Å². The first-order valence-electron chi connectivity index (χ1n) is 11.2. The molecule has 2 atom stereocenters. The first kappa shape index (κ1) is 28.8. The molecule has 0 bridgehead atoms. The Morgan fingerprint density at radius 3 is 1.97 bits per heavy atom. The maximum absolute atomic E-state index is 13.0. The number of hydrogen-bond acceptors (Lipinski definition) is 4. The minimum Gasteiger partial charge on any atom is -0.431 e. The Kier molecular flexibility index (Phi) is 9.56. The molecule has 5 nitrogen and oxygen atoms in total. The minimum absolute atomic E-state index is 0.158. The monoisotopic (exact) mass is 544 g/mol. The van der Waals surface area contributed by atoms with Gasteiger partial charge in [-0.2, -0.15) is 30.7 Å². The highest BCUT2D eigenvalue weighted by Crippen LogP contribution is 2.35. The molecule has 204 valence electrons. The molecule has 0 heterocycles. The second-order valence-electron chi connectivity index (χ2n) is 8.16. The molecule has 0 aliphatic carbocycles. The van der Waals surface area contributed by atoms with Crippen molar-refractivity contribution in [2.24, 2.45) is 5.73 Å². The molecule has 3 aromatic rings. The first-order chi connectivity index (χ1) is 17.9. The second kappa shape index (κ2) is 12.6. The van der Waals surface area contributed by atoms with Gasteiger partial charge in [0.15, 0.2) is 11.5 Å². The first-order valence-corrected chi connectivity index (χ1v) is 11.2. The van der Waals surface area contributed by atoms with Gasteiger partial charge in [-0.05, 0) is 53.8 Å². The van der Waals surface area contributed by atoms with Crippen LogP contribution in [-0.4, -0.2) is 19.1 Å². The van der Waals surface area contributed by atoms with Crippen LogP contribution in [0.15, 0.2) is 72.8 Å². The predicted octanol–water partition coefficient (Wildman–Crippen LogP) is 6.40. The number of amides is 1. The highest BCUT2D eigenvalue weighted by atomic mass is 19.4. The number of aryl methyl sites for hydroxylation is 1. The van der Waals surface area contributed by atoms with Gasteiger partial charge in [-0.15, -0.1) is 0 Å². The summed E-state index contributed by atoms with van der Waals surface area (Å²) in [4.78, 5) is 12.3. The molecule has 3 aromatic carbocycles. The third-order valence-electron chi connectivity index (χ3n) is 5.59. The van der Waals surface area contributed by atoms with Crippen molar-refractivity contribution in [3.63, 3.8) is 0 Å². The standard InChI is InChI=1S/C26H23F7N2O3/c27-24(28)37-20-13-9-17(14-21(20)38-25(29)30)19(35-22(23(34)36)16-4-2-1-3-5-16)12-8-15-6-10-18(11-7-15)26(31,32)33/h1-7,9-11,13-14,19,22,24-25,35H,8,12H2,(H2,34,36)/t19-,22+/m1/s1. The van der Waals surface area contributed by atoms with E-state index >= 15 is 0 Å². The van der Waals surface area contributed by atoms with Crippen LogP contribution in [0.3, 0.4) is 0 Å². The largest absolute Gasteiger partial charge is 0.431 e. The van der Waals surface area contributed by atoms with Crippen molar-refractivity contribution in [2.75, 3.05) is 0 Å². The highest BCUT2D eigenvalue weighted by molar-refractivity contribution is 5.81. The number of carbonyl (C=O) groups is 1.